The summed E-state index contributed by atoms with van der Waals surface area (Å²) in [7, 11) is 0. The lowest BCUT2D eigenvalue weighted by atomic mass is 9.98. The van der Waals surface area contributed by atoms with E-state index in [0.29, 0.717) is 46.6 Å². The third-order valence-electron chi connectivity index (χ3n) is 6.31. The van der Waals surface area contributed by atoms with Crippen LogP contribution >= 0.6 is 11.6 Å². The number of hydrogen-bond donors (Lipinski definition) is 2. The normalized spacial score (nSPS) is 19.2. The van der Waals surface area contributed by atoms with Crippen molar-refractivity contribution in [3.63, 3.8) is 0 Å². The average molecular weight is 532 g/mol. The van der Waals surface area contributed by atoms with Crippen molar-refractivity contribution in [1.82, 2.24) is 25.1 Å². The Bertz CT molecular complexity index is 1410. The highest BCUT2D eigenvalue weighted by molar-refractivity contribution is 6.30. The van der Waals surface area contributed by atoms with Crippen molar-refractivity contribution in [2.45, 2.75) is 32.0 Å². The van der Waals surface area contributed by atoms with Crippen molar-refractivity contribution >= 4 is 29.4 Å². The lowest BCUT2D eigenvalue weighted by Gasteiger charge is -2.35. The number of benzene rings is 2. The number of amidine groups is 1. The maximum atomic E-state index is 14.2. The topological polar surface area (TPSA) is 127 Å². The number of nitriles is 1. The molecule has 2 atom stereocenters. The number of nitrogens with one attached hydrogen (secondary N) is 2. The summed E-state index contributed by atoms with van der Waals surface area (Å²) in [5.41, 5.74) is 1.77. The minimum atomic E-state index is -0.589. The molecule has 10 nitrogen and oxygen atoms in total. The van der Waals surface area contributed by atoms with Gasteiger partial charge in [-0.2, -0.15) is 5.26 Å². The van der Waals surface area contributed by atoms with Crippen LogP contribution in [0.1, 0.15) is 48.4 Å². The summed E-state index contributed by atoms with van der Waals surface area (Å²) >= 11 is 6.19. The largest absolute Gasteiger partial charge is 0.490 e. The number of carbonyl (C=O) groups excluding carboxylic acids is 2. The second-order valence-corrected chi connectivity index (χ2v) is 9.72. The van der Waals surface area contributed by atoms with Gasteiger partial charge in [0.05, 0.1) is 29.3 Å². The van der Waals surface area contributed by atoms with Crippen LogP contribution in [0.2, 0.25) is 5.02 Å². The van der Waals surface area contributed by atoms with Gasteiger partial charge in [-0.05, 0) is 49.7 Å². The second-order valence-electron chi connectivity index (χ2n) is 9.28. The molecule has 38 heavy (non-hydrogen) atoms. The zero-order valence-corrected chi connectivity index (χ0v) is 21.6. The van der Waals surface area contributed by atoms with Gasteiger partial charge >= 0.3 is 6.03 Å². The molecule has 0 aliphatic carbocycles. The standard InChI is InChI=1S/C27H26ClN7O3/c1-16(2)38-21-13-17(14-29)3-8-20(21)26-33-23(25-31-9-10-32-25)24(18-4-6-19(28)7-5-18)35(26)27(37)34-12-11-30-22(36)15-34/h3-10,13,16,23-24H,11-12,15H2,1-2H3,(H,30,36)(H,31,32)/t23-,24-/m1/s1. The average Bonchev–Trinajstić information content (AvgIpc) is 3.57. The molecule has 3 aromatic rings. The first-order valence-corrected chi connectivity index (χ1v) is 12.6. The van der Waals surface area contributed by atoms with E-state index in [1.807, 2.05) is 26.0 Å². The van der Waals surface area contributed by atoms with Gasteiger partial charge in [-0.15, -0.1) is 0 Å². The Hall–Kier alpha value is -4.36. The zero-order chi connectivity index (χ0) is 26.8. The third-order valence-corrected chi connectivity index (χ3v) is 6.56. The first kappa shape index (κ1) is 25.3. The van der Waals surface area contributed by atoms with E-state index in [9.17, 15) is 14.9 Å². The number of nitrogens with zero attached hydrogens (tertiary/aromatic N) is 5. The van der Waals surface area contributed by atoms with Gasteiger partial charge < -0.3 is 19.9 Å². The van der Waals surface area contributed by atoms with Crippen LogP contribution in [0.4, 0.5) is 4.79 Å². The van der Waals surface area contributed by atoms with Gasteiger partial charge in [0.2, 0.25) is 5.91 Å². The number of ether oxygens (including phenoxy) is 1. The maximum Gasteiger partial charge on any atom is 0.326 e. The summed E-state index contributed by atoms with van der Waals surface area (Å²) < 4.78 is 6.08. The van der Waals surface area contributed by atoms with E-state index in [1.54, 1.807) is 47.6 Å². The molecule has 5 rings (SSSR count). The van der Waals surface area contributed by atoms with Gasteiger partial charge in [-0.1, -0.05) is 23.7 Å². The minimum Gasteiger partial charge on any atom is -0.490 e. The smallest absolute Gasteiger partial charge is 0.326 e. The molecule has 3 heterocycles. The molecule has 0 spiro atoms. The highest BCUT2D eigenvalue weighted by atomic mass is 35.5. The van der Waals surface area contributed by atoms with Crippen molar-refractivity contribution in [3.8, 4) is 11.8 Å². The van der Waals surface area contributed by atoms with Crippen molar-refractivity contribution in [2.75, 3.05) is 19.6 Å². The molecule has 2 aromatic carbocycles. The molecule has 2 N–H and O–H groups in total. The summed E-state index contributed by atoms with van der Waals surface area (Å²) in [6.45, 7) is 4.42. The summed E-state index contributed by atoms with van der Waals surface area (Å²) in [6, 6.07) is 12.9. The lowest BCUT2D eigenvalue weighted by Crippen LogP contribution is -2.55. The third kappa shape index (κ3) is 4.93. The number of halogens is 1. The van der Waals surface area contributed by atoms with E-state index < -0.39 is 12.1 Å². The van der Waals surface area contributed by atoms with Crippen molar-refractivity contribution < 1.29 is 14.3 Å². The molecule has 0 unspecified atom stereocenters. The van der Waals surface area contributed by atoms with Crippen molar-refractivity contribution in [3.05, 3.63) is 82.4 Å². The molecule has 2 aliphatic heterocycles. The van der Waals surface area contributed by atoms with Gasteiger partial charge in [-0.3, -0.25) is 14.7 Å². The summed E-state index contributed by atoms with van der Waals surface area (Å²) in [6.07, 6.45) is 3.16. The van der Waals surface area contributed by atoms with Crippen LogP contribution in [0.25, 0.3) is 0 Å². The van der Waals surface area contributed by atoms with Crippen molar-refractivity contribution in [2.24, 2.45) is 4.99 Å². The molecule has 0 radical (unpaired) electrons. The van der Waals surface area contributed by atoms with Crippen LogP contribution in [0, 0.1) is 11.3 Å². The number of urea groups is 1. The Morgan fingerprint density at radius 1 is 1.24 bits per heavy atom. The Balaban J connectivity index is 1.69. The molecular formula is C27H26ClN7O3. The number of aromatic nitrogens is 2. The van der Waals surface area contributed by atoms with E-state index in [0.717, 1.165) is 5.56 Å². The fourth-order valence-electron chi connectivity index (χ4n) is 4.67. The van der Waals surface area contributed by atoms with Gasteiger partial charge in [-0.25, -0.2) is 9.78 Å². The van der Waals surface area contributed by atoms with Crippen LogP contribution < -0.4 is 10.1 Å². The molecule has 1 aromatic heterocycles. The molecule has 2 aliphatic rings. The number of rotatable bonds is 5. The van der Waals surface area contributed by atoms with Crippen LogP contribution in [-0.4, -0.2) is 63.3 Å². The van der Waals surface area contributed by atoms with Gasteiger partial charge in [0.1, 0.15) is 30.0 Å². The number of aromatic amines is 1. The highest BCUT2D eigenvalue weighted by Gasteiger charge is 2.46. The number of imidazole rings is 1. The van der Waals surface area contributed by atoms with E-state index >= 15 is 0 Å². The minimum absolute atomic E-state index is 0.0654. The molecule has 3 amide bonds. The summed E-state index contributed by atoms with van der Waals surface area (Å²) in [5, 5.41) is 12.8. The monoisotopic (exact) mass is 531 g/mol. The molecule has 1 fully saturated rings. The molecule has 0 bridgehead atoms. The van der Waals surface area contributed by atoms with E-state index in [2.05, 4.69) is 21.4 Å². The van der Waals surface area contributed by atoms with Gasteiger partial charge in [0.15, 0.2) is 0 Å². The van der Waals surface area contributed by atoms with Crippen molar-refractivity contribution in [1.29, 1.82) is 5.26 Å². The first-order chi connectivity index (χ1) is 18.4. The number of aliphatic imine (C=N–C) groups is 1. The molecule has 0 saturated carbocycles. The number of carbonyl (C=O) groups is 2. The Morgan fingerprint density at radius 3 is 2.68 bits per heavy atom. The number of H-pyrrole nitrogens is 1. The Morgan fingerprint density at radius 2 is 2.03 bits per heavy atom. The molecular weight excluding hydrogens is 506 g/mol. The zero-order valence-electron chi connectivity index (χ0n) is 20.9. The van der Waals surface area contributed by atoms with Gasteiger partial charge in [0, 0.05) is 30.5 Å². The second kappa shape index (κ2) is 10.6. The lowest BCUT2D eigenvalue weighted by molar-refractivity contribution is -0.123. The van der Waals surface area contributed by atoms with Crippen LogP contribution in [0.5, 0.6) is 5.75 Å². The number of amides is 3. The van der Waals surface area contributed by atoms with Gasteiger partial charge in [0.25, 0.3) is 0 Å². The quantitative estimate of drug-likeness (QED) is 0.517. The predicted octanol–water partition coefficient (Wildman–Crippen LogP) is 3.82. The Labute approximate surface area is 224 Å². The van der Waals surface area contributed by atoms with Crippen LogP contribution in [0.15, 0.2) is 59.9 Å². The van der Waals surface area contributed by atoms with E-state index in [1.165, 1.54) is 4.90 Å². The summed E-state index contributed by atoms with van der Waals surface area (Å²) in [5.74, 6) is 1.15. The highest BCUT2D eigenvalue weighted by Crippen LogP contribution is 2.44. The van der Waals surface area contributed by atoms with Crippen LogP contribution in [0.3, 0.4) is 0 Å². The molecule has 194 valence electrons. The molecule has 1 saturated heterocycles. The maximum absolute atomic E-state index is 14.2. The fraction of sp³-hybridized carbons (Fsp3) is 0.296. The van der Waals surface area contributed by atoms with Crippen LogP contribution in [-0.2, 0) is 4.79 Å². The summed E-state index contributed by atoms with van der Waals surface area (Å²) in [4.78, 5) is 42.1. The van der Waals surface area contributed by atoms with E-state index in [4.69, 9.17) is 21.3 Å². The number of piperazine rings is 1. The predicted molar refractivity (Wildman–Crippen MR) is 141 cm³/mol. The SMILES string of the molecule is CC(C)Oc1cc(C#N)ccc1C1=N[C@@H](c2ncc[nH]2)[C@@H](c2ccc(Cl)cc2)N1C(=O)N1CCNC(=O)C1. The van der Waals surface area contributed by atoms with E-state index in [-0.39, 0.29) is 24.6 Å². The number of hydrogen-bond acceptors (Lipinski definition) is 6. The first-order valence-electron chi connectivity index (χ1n) is 12.2. The fourth-order valence-corrected chi connectivity index (χ4v) is 4.80. The Kier molecular flexibility index (Phi) is 7.03. The molecule has 11 heteroatoms.